The highest BCUT2D eigenvalue weighted by atomic mass is 32.2. The van der Waals surface area contributed by atoms with Crippen LogP contribution < -0.4 is 0 Å². The van der Waals surface area contributed by atoms with Crippen LogP contribution in [0.2, 0.25) is 0 Å². The van der Waals surface area contributed by atoms with Crippen LogP contribution in [0.1, 0.15) is 32.1 Å². The summed E-state index contributed by atoms with van der Waals surface area (Å²) in [5, 5.41) is 7.69. The minimum absolute atomic E-state index is 0.0363. The summed E-state index contributed by atoms with van der Waals surface area (Å²) in [5.41, 5.74) is 1.64. The smallest absolute Gasteiger partial charge is 0.233 e. The third-order valence-electron chi connectivity index (χ3n) is 4.27. The van der Waals surface area contributed by atoms with E-state index in [9.17, 15) is 13.2 Å². The number of hydrogen-bond acceptors (Lipinski definition) is 7. The summed E-state index contributed by atoms with van der Waals surface area (Å²) in [6.45, 7) is 0. The van der Waals surface area contributed by atoms with Gasteiger partial charge in [0.15, 0.2) is 14.2 Å². The summed E-state index contributed by atoms with van der Waals surface area (Å²) >= 11 is 2.80. The number of sulfone groups is 1. The molecule has 1 amide bonds. The summed E-state index contributed by atoms with van der Waals surface area (Å²) in [5.74, 6) is 0.674. The molecule has 1 aromatic heterocycles. The first-order valence-electron chi connectivity index (χ1n) is 7.46. The molecule has 6 nitrogen and oxygen atoms in total. The Bertz CT molecular complexity index is 612. The normalized spacial score (nSPS) is 24.6. The van der Waals surface area contributed by atoms with Crippen molar-refractivity contribution in [3.8, 4) is 0 Å². The van der Waals surface area contributed by atoms with Crippen LogP contribution in [0, 0.1) is 0 Å². The van der Waals surface area contributed by atoms with Crippen LogP contribution in [-0.4, -0.2) is 58.8 Å². The number of amides is 1. The van der Waals surface area contributed by atoms with Gasteiger partial charge in [-0.25, -0.2) is 8.42 Å². The molecule has 1 atom stereocenters. The predicted molar refractivity (Wildman–Crippen MR) is 86.8 cm³/mol. The van der Waals surface area contributed by atoms with Crippen molar-refractivity contribution in [1.29, 1.82) is 0 Å². The maximum atomic E-state index is 12.7. The van der Waals surface area contributed by atoms with Gasteiger partial charge >= 0.3 is 0 Å². The van der Waals surface area contributed by atoms with E-state index >= 15 is 0 Å². The largest absolute Gasteiger partial charge is 0.335 e. The van der Waals surface area contributed by atoms with Crippen LogP contribution in [0.15, 0.2) is 9.85 Å². The van der Waals surface area contributed by atoms with Crippen molar-refractivity contribution in [3.63, 3.8) is 0 Å². The second kappa shape index (κ2) is 6.84. The summed E-state index contributed by atoms with van der Waals surface area (Å²) in [6.07, 6.45) is 4.81. The van der Waals surface area contributed by atoms with E-state index in [1.54, 1.807) is 5.51 Å². The fraction of sp³-hybridized carbons (Fsp3) is 0.769. The molecule has 0 radical (unpaired) electrons. The van der Waals surface area contributed by atoms with Crippen molar-refractivity contribution < 1.29 is 13.2 Å². The topological polar surface area (TPSA) is 80.2 Å². The Morgan fingerprint density at radius 1 is 1.32 bits per heavy atom. The number of aromatic nitrogens is 2. The molecule has 1 aliphatic heterocycles. The predicted octanol–water partition coefficient (Wildman–Crippen LogP) is 1.59. The third kappa shape index (κ3) is 3.80. The fourth-order valence-corrected chi connectivity index (χ4v) is 6.38. The van der Waals surface area contributed by atoms with Gasteiger partial charge in [-0.15, -0.1) is 10.2 Å². The number of carbonyl (C=O) groups excluding carboxylic acids is 1. The Labute approximate surface area is 138 Å². The summed E-state index contributed by atoms with van der Waals surface area (Å²) in [7, 11) is -2.98. The number of rotatable bonds is 5. The molecule has 22 heavy (non-hydrogen) atoms. The molecule has 2 fully saturated rings. The molecular formula is C13H19N3O3S3. The van der Waals surface area contributed by atoms with Gasteiger partial charge in [0.2, 0.25) is 5.91 Å². The van der Waals surface area contributed by atoms with Crippen LogP contribution >= 0.6 is 23.1 Å². The Morgan fingerprint density at radius 2 is 2.09 bits per heavy atom. The molecule has 3 rings (SSSR count). The Hall–Kier alpha value is -0.670. The van der Waals surface area contributed by atoms with Crippen LogP contribution in [0.5, 0.6) is 0 Å². The van der Waals surface area contributed by atoms with E-state index in [-0.39, 0.29) is 29.5 Å². The van der Waals surface area contributed by atoms with Gasteiger partial charge in [-0.2, -0.15) is 0 Å². The van der Waals surface area contributed by atoms with E-state index in [1.807, 2.05) is 4.90 Å². The molecule has 2 heterocycles. The molecule has 0 unspecified atom stereocenters. The van der Waals surface area contributed by atoms with Gasteiger partial charge in [-0.1, -0.05) is 35.9 Å². The molecule has 9 heteroatoms. The molecule has 122 valence electrons. The van der Waals surface area contributed by atoms with E-state index in [0.717, 1.165) is 30.0 Å². The van der Waals surface area contributed by atoms with Crippen LogP contribution in [-0.2, 0) is 14.6 Å². The zero-order valence-electron chi connectivity index (χ0n) is 12.2. The lowest BCUT2D eigenvalue weighted by Gasteiger charge is -2.34. The molecule has 0 N–H and O–H groups in total. The lowest BCUT2D eigenvalue weighted by atomic mass is 10.1. The summed E-state index contributed by atoms with van der Waals surface area (Å²) in [6, 6.07) is 0.0661. The monoisotopic (exact) mass is 361 g/mol. The molecule has 1 aromatic rings. The lowest BCUT2D eigenvalue weighted by Crippen LogP contribution is -2.47. The molecule has 0 bridgehead atoms. The highest BCUT2D eigenvalue weighted by molar-refractivity contribution is 8.01. The van der Waals surface area contributed by atoms with Crippen molar-refractivity contribution >= 4 is 38.8 Å². The van der Waals surface area contributed by atoms with Crippen LogP contribution in [0.4, 0.5) is 0 Å². The quantitative estimate of drug-likeness (QED) is 0.741. The molecule has 0 spiro atoms. The number of nitrogens with zero attached hydrogens (tertiary/aromatic N) is 3. The number of hydrogen-bond donors (Lipinski definition) is 0. The SMILES string of the molecule is O=C(CSc1nncs1)N(C1CCCC1)[C@@H]1CCS(=O)(=O)C1. The number of carbonyl (C=O) groups is 1. The summed E-state index contributed by atoms with van der Waals surface area (Å²) < 4.78 is 24.3. The van der Waals surface area contributed by atoms with Gasteiger partial charge in [0.1, 0.15) is 5.51 Å². The van der Waals surface area contributed by atoms with Crippen LogP contribution in [0.25, 0.3) is 0 Å². The minimum atomic E-state index is -2.98. The molecule has 1 aliphatic carbocycles. The highest BCUT2D eigenvalue weighted by Gasteiger charge is 2.38. The molecule has 0 aromatic carbocycles. The molecule has 1 saturated heterocycles. The highest BCUT2D eigenvalue weighted by Crippen LogP contribution is 2.30. The first-order valence-corrected chi connectivity index (χ1v) is 11.1. The average molecular weight is 362 g/mol. The van der Waals surface area contributed by atoms with Gasteiger partial charge in [0, 0.05) is 12.1 Å². The third-order valence-corrected chi connectivity index (χ3v) is 7.86. The second-order valence-electron chi connectivity index (χ2n) is 5.79. The zero-order chi connectivity index (χ0) is 15.6. The second-order valence-corrected chi connectivity index (χ2v) is 10.1. The fourth-order valence-electron chi connectivity index (χ4n) is 3.31. The molecular weight excluding hydrogens is 342 g/mol. The Kier molecular flexibility index (Phi) is 5.03. The van der Waals surface area contributed by atoms with Crippen molar-refractivity contribution in [2.75, 3.05) is 17.3 Å². The maximum absolute atomic E-state index is 12.7. The molecule has 2 aliphatic rings. The van der Waals surface area contributed by atoms with E-state index < -0.39 is 9.84 Å². The average Bonchev–Trinajstić information content (AvgIpc) is 3.19. The van der Waals surface area contributed by atoms with Gasteiger partial charge < -0.3 is 4.90 Å². The van der Waals surface area contributed by atoms with E-state index in [1.165, 1.54) is 23.1 Å². The van der Waals surface area contributed by atoms with Crippen molar-refractivity contribution in [3.05, 3.63) is 5.51 Å². The Morgan fingerprint density at radius 3 is 2.68 bits per heavy atom. The first-order chi connectivity index (χ1) is 10.6. The molecule has 1 saturated carbocycles. The van der Waals surface area contributed by atoms with Gasteiger partial charge in [-0.05, 0) is 19.3 Å². The van der Waals surface area contributed by atoms with Crippen LogP contribution in [0.3, 0.4) is 0 Å². The van der Waals surface area contributed by atoms with Crippen molar-refractivity contribution in [2.45, 2.75) is 48.5 Å². The van der Waals surface area contributed by atoms with Crippen molar-refractivity contribution in [1.82, 2.24) is 15.1 Å². The van der Waals surface area contributed by atoms with Gasteiger partial charge in [0.05, 0.1) is 17.3 Å². The van der Waals surface area contributed by atoms with E-state index in [0.29, 0.717) is 12.2 Å². The first kappa shape index (κ1) is 16.2. The maximum Gasteiger partial charge on any atom is 0.233 e. The van der Waals surface area contributed by atoms with Crippen molar-refractivity contribution in [2.24, 2.45) is 0 Å². The van der Waals surface area contributed by atoms with E-state index in [4.69, 9.17) is 0 Å². The Balaban J connectivity index is 1.69. The summed E-state index contributed by atoms with van der Waals surface area (Å²) in [4.78, 5) is 14.6. The van der Waals surface area contributed by atoms with Gasteiger partial charge in [0.25, 0.3) is 0 Å². The van der Waals surface area contributed by atoms with Gasteiger partial charge in [-0.3, -0.25) is 4.79 Å². The van der Waals surface area contributed by atoms with E-state index in [2.05, 4.69) is 10.2 Å². The standard InChI is InChI=1S/C13H19N3O3S3/c17-12(7-20-13-15-14-9-21-13)16(10-3-1-2-4-10)11-5-6-22(18,19)8-11/h9-11H,1-8H2/t11-/m1/s1. The minimum Gasteiger partial charge on any atom is -0.335 e. The lowest BCUT2D eigenvalue weighted by molar-refractivity contribution is -0.132. The zero-order valence-corrected chi connectivity index (χ0v) is 14.6. The number of thioether (sulfide) groups is 1.